The summed E-state index contributed by atoms with van der Waals surface area (Å²) in [6, 6.07) is 7.65. The summed E-state index contributed by atoms with van der Waals surface area (Å²) in [4.78, 5) is 8.15. The van der Waals surface area contributed by atoms with Crippen molar-refractivity contribution in [3.05, 3.63) is 54.1 Å². The van der Waals surface area contributed by atoms with Crippen LogP contribution in [0.25, 0.3) is 0 Å². The van der Waals surface area contributed by atoms with Crippen molar-refractivity contribution in [2.24, 2.45) is 0 Å². The van der Waals surface area contributed by atoms with Crippen molar-refractivity contribution in [1.29, 1.82) is 0 Å². The summed E-state index contributed by atoms with van der Waals surface area (Å²) in [7, 11) is 0. The highest BCUT2D eigenvalue weighted by molar-refractivity contribution is 5.50. The van der Waals surface area contributed by atoms with Gasteiger partial charge in [0.25, 0.3) is 0 Å². The van der Waals surface area contributed by atoms with Gasteiger partial charge in [0.2, 0.25) is 0 Å². The number of anilines is 1. The maximum atomic E-state index is 9.15. The molecule has 1 heterocycles. The van der Waals surface area contributed by atoms with Crippen LogP contribution >= 0.6 is 0 Å². The fraction of sp³-hybridized carbons (Fsp3) is 0.167. The smallest absolute Gasteiger partial charge is 0.0777 e. The van der Waals surface area contributed by atoms with Crippen LogP contribution in [0.2, 0.25) is 0 Å². The number of aromatic nitrogens is 2. The number of hydrogen-bond donors (Lipinski definition) is 2. The Labute approximate surface area is 94.0 Å². The molecular weight excluding hydrogens is 202 g/mol. The second kappa shape index (κ2) is 5.23. The zero-order valence-electron chi connectivity index (χ0n) is 8.80. The predicted molar refractivity (Wildman–Crippen MR) is 61.7 cm³/mol. The molecule has 0 aliphatic carbocycles. The highest BCUT2D eigenvalue weighted by atomic mass is 16.3. The third kappa shape index (κ3) is 2.55. The van der Waals surface area contributed by atoms with Gasteiger partial charge >= 0.3 is 0 Å². The van der Waals surface area contributed by atoms with Gasteiger partial charge in [0.05, 0.1) is 25.0 Å². The van der Waals surface area contributed by atoms with Gasteiger partial charge in [0, 0.05) is 23.6 Å². The van der Waals surface area contributed by atoms with Gasteiger partial charge in [-0.1, -0.05) is 18.2 Å². The average Bonchev–Trinajstić information content (AvgIpc) is 2.38. The van der Waals surface area contributed by atoms with E-state index in [0.29, 0.717) is 6.54 Å². The Kier molecular flexibility index (Phi) is 3.46. The molecule has 1 aromatic carbocycles. The standard InChI is InChI=1S/C12H13N3O/c16-9-10-3-1-2-4-12(10)15-8-11-7-13-5-6-14-11/h1-7,15-16H,8-9H2. The summed E-state index contributed by atoms with van der Waals surface area (Å²) in [6.45, 7) is 0.633. The van der Waals surface area contributed by atoms with Crippen LogP contribution in [0, 0.1) is 0 Å². The number of aliphatic hydroxyl groups excluding tert-OH is 1. The zero-order valence-corrected chi connectivity index (χ0v) is 8.80. The molecule has 2 rings (SSSR count). The van der Waals surface area contributed by atoms with Gasteiger partial charge in [0.15, 0.2) is 0 Å². The molecule has 0 atom stereocenters. The summed E-state index contributed by atoms with van der Waals surface area (Å²) >= 11 is 0. The molecule has 82 valence electrons. The van der Waals surface area contributed by atoms with Gasteiger partial charge in [-0.2, -0.15) is 0 Å². The van der Waals surface area contributed by atoms with E-state index in [1.165, 1.54) is 0 Å². The number of rotatable bonds is 4. The van der Waals surface area contributed by atoms with Gasteiger partial charge < -0.3 is 10.4 Å². The van der Waals surface area contributed by atoms with Gasteiger partial charge in [-0.25, -0.2) is 0 Å². The van der Waals surface area contributed by atoms with Crippen LogP contribution in [0.3, 0.4) is 0 Å². The molecule has 0 saturated heterocycles. The summed E-state index contributed by atoms with van der Waals surface area (Å²) in [6.07, 6.45) is 5.02. The molecule has 2 aromatic rings. The normalized spacial score (nSPS) is 10.1. The van der Waals surface area contributed by atoms with Crippen molar-refractivity contribution in [3.63, 3.8) is 0 Å². The number of nitrogens with zero attached hydrogens (tertiary/aromatic N) is 2. The largest absolute Gasteiger partial charge is 0.392 e. The number of benzene rings is 1. The second-order valence-corrected chi connectivity index (χ2v) is 3.37. The minimum absolute atomic E-state index is 0.0314. The summed E-state index contributed by atoms with van der Waals surface area (Å²) in [5, 5.41) is 12.4. The summed E-state index contributed by atoms with van der Waals surface area (Å²) in [5.41, 5.74) is 2.68. The summed E-state index contributed by atoms with van der Waals surface area (Å²) < 4.78 is 0. The van der Waals surface area contributed by atoms with Crippen molar-refractivity contribution >= 4 is 5.69 Å². The highest BCUT2D eigenvalue weighted by Gasteiger charge is 2.00. The molecule has 0 bridgehead atoms. The van der Waals surface area contributed by atoms with E-state index in [-0.39, 0.29) is 6.61 Å². The Morgan fingerprint density at radius 1 is 1.19 bits per heavy atom. The topological polar surface area (TPSA) is 58.0 Å². The molecule has 4 heteroatoms. The lowest BCUT2D eigenvalue weighted by Gasteiger charge is -2.09. The first kappa shape index (κ1) is 10.6. The van der Waals surface area contributed by atoms with Gasteiger partial charge in [-0.15, -0.1) is 0 Å². The van der Waals surface area contributed by atoms with Gasteiger partial charge in [-0.3, -0.25) is 9.97 Å². The number of nitrogens with one attached hydrogen (secondary N) is 1. The van der Waals surface area contributed by atoms with E-state index in [1.54, 1.807) is 18.6 Å². The SMILES string of the molecule is OCc1ccccc1NCc1cnccn1. The fourth-order valence-electron chi connectivity index (χ4n) is 1.44. The highest BCUT2D eigenvalue weighted by Crippen LogP contribution is 2.15. The van der Waals surface area contributed by atoms with E-state index in [9.17, 15) is 0 Å². The van der Waals surface area contributed by atoms with E-state index in [4.69, 9.17) is 5.11 Å². The zero-order chi connectivity index (χ0) is 11.2. The lowest BCUT2D eigenvalue weighted by Crippen LogP contribution is -2.04. The van der Waals surface area contributed by atoms with Crippen LogP contribution < -0.4 is 5.32 Å². The van der Waals surface area contributed by atoms with Crippen LogP contribution in [0.1, 0.15) is 11.3 Å². The Morgan fingerprint density at radius 3 is 2.81 bits per heavy atom. The molecule has 0 saturated carbocycles. The first-order valence-corrected chi connectivity index (χ1v) is 5.07. The maximum Gasteiger partial charge on any atom is 0.0777 e. The quantitative estimate of drug-likeness (QED) is 0.813. The minimum Gasteiger partial charge on any atom is -0.392 e. The molecular formula is C12H13N3O. The van der Waals surface area contributed by atoms with Crippen LogP contribution in [-0.4, -0.2) is 15.1 Å². The van der Waals surface area contributed by atoms with E-state index in [2.05, 4.69) is 15.3 Å². The van der Waals surface area contributed by atoms with Crippen LogP contribution in [0.15, 0.2) is 42.9 Å². The molecule has 1 aromatic heterocycles. The maximum absolute atomic E-state index is 9.15. The van der Waals surface area contributed by atoms with Crippen molar-refractivity contribution in [3.8, 4) is 0 Å². The Balaban J connectivity index is 2.05. The van der Waals surface area contributed by atoms with E-state index in [1.807, 2.05) is 24.3 Å². The molecule has 0 spiro atoms. The Morgan fingerprint density at radius 2 is 2.06 bits per heavy atom. The molecule has 16 heavy (non-hydrogen) atoms. The molecule has 4 nitrogen and oxygen atoms in total. The van der Waals surface area contributed by atoms with E-state index < -0.39 is 0 Å². The molecule has 0 fully saturated rings. The number of aliphatic hydroxyl groups is 1. The molecule has 0 aliphatic rings. The average molecular weight is 215 g/mol. The van der Waals surface area contributed by atoms with Crippen molar-refractivity contribution in [2.75, 3.05) is 5.32 Å². The molecule has 0 unspecified atom stereocenters. The molecule has 0 aliphatic heterocycles. The third-order valence-corrected chi connectivity index (χ3v) is 2.26. The first-order valence-electron chi connectivity index (χ1n) is 5.07. The summed E-state index contributed by atoms with van der Waals surface area (Å²) in [5.74, 6) is 0. The van der Waals surface area contributed by atoms with Crippen molar-refractivity contribution in [2.45, 2.75) is 13.2 Å². The molecule has 0 amide bonds. The lowest BCUT2D eigenvalue weighted by atomic mass is 10.2. The Bertz CT molecular complexity index is 445. The third-order valence-electron chi connectivity index (χ3n) is 2.26. The minimum atomic E-state index is 0.0314. The Hall–Kier alpha value is -1.94. The van der Waals surface area contributed by atoms with Crippen molar-refractivity contribution in [1.82, 2.24) is 9.97 Å². The molecule has 0 radical (unpaired) electrons. The second-order valence-electron chi connectivity index (χ2n) is 3.37. The van der Waals surface area contributed by atoms with E-state index >= 15 is 0 Å². The predicted octanol–water partition coefficient (Wildman–Crippen LogP) is 1.58. The molecule has 2 N–H and O–H groups in total. The fourth-order valence-corrected chi connectivity index (χ4v) is 1.44. The number of hydrogen-bond acceptors (Lipinski definition) is 4. The van der Waals surface area contributed by atoms with Crippen LogP contribution in [0.5, 0.6) is 0 Å². The van der Waals surface area contributed by atoms with Gasteiger partial charge in [0.1, 0.15) is 0 Å². The van der Waals surface area contributed by atoms with Crippen molar-refractivity contribution < 1.29 is 5.11 Å². The number of para-hydroxylation sites is 1. The lowest BCUT2D eigenvalue weighted by molar-refractivity contribution is 0.282. The monoisotopic (exact) mass is 215 g/mol. The van der Waals surface area contributed by atoms with E-state index in [0.717, 1.165) is 16.9 Å². The van der Waals surface area contributed by atoms with Crippen LogP contribution in [-0.2, 0) is 13.2 Å². The first-order chi connectivity index (χ1) is 7.90. The van der Waals surface area contributed by atoms with Gasteiger partial charge in [-0.05, 0) is 6.07 Å². The van der Waals surface area contributed by atoms with Crippen LogP contribution in [0.4, 0.5) is 5.69 Å².